The number of aliphatic hydroxyl groups is 5. The summed E-state index contributed by atoms with van der Waals surface area (Å²) in [6.07, 6.45) is 56.6. The van der Waals surface area contributed by atoms with Crippen LogP contribution in [0.1, 0.15) is 296 Å². The largest absolute Gasteiger partial charge is 0.394 e. The lowest BCUT2D eigenvalue weighted by Gasteiger charge is -2.40. The molecule has 408 valence electrons. The van der Waals surface area contributed by atoms with Crippen LogP contribution in [0.15, 0.2) is 24.3 Å². The second-order valence-corrected chi connectivity index (χ2v) is 21.1. The van der Waals surface area contributed by atoms with Gasteiger partial charge in [-0.15, -0.1) is 0 Å². The monoisotopic (exact) mass is 978 g/mol. The lowest BCUT2D eigenvalue weighted by molar-refractivity contribution is -0.302. The van der Waals surface area contributed by atoms with Gasteiger partial charge in [0, 0.05) is 6.42 Å². The maximum Gasteiger partial charge on any atom is 0.220 e. The zero-order chi connectivity index (χ0) is 50.1. The molecule has 0 spiro atoms. The van der Waals surface area contributed by atoms with Gasteiger partial charge >= 0.3 is 0 Å². The summed E-state index contributed by atoms with van der Waals surface area (Å²) in [5.74, 6) is -0.139. The minimum atomic E-state index is -1.55. The van der Waals surface area contributed by atoms with Crippen LogP contribution in [0.2, 0.25) is 0 Å². The van der Waals surface area contributed by atoms with Gasteiger partial charge in [0.1, 0.15) is 24.4 Å². The van der Waals surface area contributed by atoms with Gasteiger partial charge in [-0.1, -0.05) is 269 Å². The number of carbonyl (C=O) groups excluding carboxylic acids is 1. The zero-order valence-corrected chi connectivity index (χ0v) is 45.3. The molecule has 0 radical (unpaired) electrons. The molecule has 7 unspecified atom stereocenters. The van der Waals surface area contributed by atoms with Crippen molar-refractivity contribution in [2.45, 2.75) is 339 Å². The topological polar surface area (TPSA) is 149 Å². The van der Waals surface area contributed by atoms with Crippen molar-refractivity contribution in [3.05, 3.63) is 24.3 Å². The molecule has 1 saturated heterocycles. The number of carbonyl (C=O) groups is 1. The van der Waals surface area contributed by atoms with Crippen molar-refractivity contribution < 1.29 is 39.8 Å². The maximum atomic E-state index is 13.1. The standard InChI is InChI=1S/C60H115NO8/c1-3-5-7-9-11-13-15-17-18-19-20-21-22-23-24-25-26-27-28-29-30-31-32-33-34-35-36-38-40-42-44-46-48-50-56(64)61-53(52-68-60-59(67)58(66)57(65)55(51-62)69-60)54(63)49-47-45-43-41-39-37-16-14-12-10-8-6-4-2/h15,17,19-20,53-55,57-60,62-63,65-67H,3-14,16,18,21-52H2,1-2H3,(H,61,64)/b17-15-,20-19-. The number of aliphatic hydroxyl groups excluding tert-OH is 5. The van der Waals surface area contributed by atoms with E-state index >= 15 is 0 Å². The minimum Gasteiger partial charge on any atom is -0.394 e. The molecule has 9 nitrogen and oxygen atoms in total. The van der Waals surface area contributed by atoms with E-state index in [9.17, 15) is 30.3 Å². The van der Waals surface area contributed by atoms with Crippen molar-refractivity contribution in [3.8, 4) is 0 Å². The average molecular weight is 979 g/mol. The number of unbranched alkanes of at least 4 members (excludes halogenated alkanes) is 38. The van der Waals surface area contributed by atoms with Gasteiger partial charge in [-0.3, -0.25) is 4.79 Å². The molecule has 1 aliphatic heterocycles. The molecule has 1 aliphatic rings. The number of hydrogen-bond donors (Lipinski definition) is 6. The number of ether oxygens (including phenoxy) is 2. The van der Waals surface area contributed by atoms with Crippen molar-refractivity contribution in [1.82, 2.24) is 5.32 Å². The van der Waals surface area contributed by atoms with Crippen LogP contribution in [-0.2, 0) is 14.3 Å². The summed E-state index contributed by atoms with van der Waals surface area (Å²) in [7, 11) is 0. The highest BCUT2D eigenvalue weighted by Gasteiger charge is 2.44. The summed E-state index contributed by atoms with van der Waals surface area (Å²) in [4.78, 5) is 13.1. The van der Waals surface area contributed by atoms with Gasteiger partial charge in [0.25, 0.3) is 0 Å². The Morgan fingerprint density at radius 2 is 0.855 bits per heavy atom. The normalized spacial score (nSPS) is 19.6. The van der Waals surface area contributed by atoms with E-state index in [1.54, 1.807) is 0 Å². The Balaban J connectivity index is 2.08. The van der Waals surface area contributed by atoms with E-state index in [2.05, 4.69) is 43.5 Å². The van der Waals surface area contributed by atoms with Crippen LogP contribution < -0.4 is 5.32 Å². The first kappa shape index (κ1) is 65.7. The summed E-state index contributed by atoms with van der Waals surface area (Å²) in [5, 5.41) is 54.6. The van der Waals surface area contributed by atoms with E-state index in [4.69, 9.17) is 9.47 Å². The fourth-order valence-corrected chi connectivity index (χ4v) is 9.78. The van der Waals surface area contributed by atoms with Crippen LogP contribution in [-0.4, -0.2) is 87.5 Å². The lowest BCUT2D eigenvalue weighted by Crippen LogP contribution is -2.60. The molecule has 1 rings (SSSR count). The predicted molar refractivity (Wildman–Crippen MR) is 290 cm³/mol. The molecule has 1 fully saturated rings. The summed E-state index contributed by atoms with van der Waals surface area (Å²) < 4.78 is 11.3. The molecular formula is C60H115NO8. The van der Waals surface area contributed by atoms with Crippen molar-refractivity contribution in [1.29, 1.82) is 0 Å². The van der Waals surface area contributed by atoms with Crippen LogP contribution in [0.3, 0.4) is 0 Å². The van der Waals surface area contributed by atoms with Gasteiger partial charge < -0.3 is 40.3 Å². The molecular weight excluding hydrogens is 863 g/mol. The second kappa shape index (κ2) is 50.2. The lowest BCUT2D eigenvalue weighted by atomic mass is 9.99. The Hall–Kier alpha value is -1.33. The number of hydrogen-bond acceptors (Lipinski definition) is 8. The highest BCUT2D eigenvalue weighted by Crippen LogP contribution is 2.23. The van der Waals surface area contributed by atoms with Gasteiger partial charge in [0.05, 0.1) is 25.4 Å². The molecule has 0 aliphatic carbocycles. The van der Waals surface area contributed by atoms with E-state index in [-0.39, 0.29) is 12.5 Å². The van der Waals surface area contributed by atoms with Gasteiger partial charge in [-0.25, -0.2) is 0 Å². The zero-order valence-electron chi connectivity index (χ0n) is 45.3. The molecule has 0 saturated carbocycles. The van der Waals surface area contributed by atoms with Crippen LogP contribution in [0.4, 0.5) is 0 Å². The van der Waals surface area contributed by atoms with Crippen molar-refractivity contribution in [3.63, 3.8) is 0 Å². The molecule has 9 heteroatoms. The molecule has 69 heavy (non-hydrogen) atoms. The first-order valence-electron chi connectivity index (χ1n) is 30.0. The average Bonchev–Trinajstić information content (AvgIpc) is 3.35. The second-order valence-electron chi connectivity index (χ2n) is 21.1. The molecule has 0 aromatic heterocycles. The molecule has 0 aromatic rings. The first-order valence-corrected chi connectivity index (χ1v) is 30.0. The Morgan fingerprint density at radius 3 is 1.25 bits per heavy atom. The number of nitrogens with one attached hydrogen (secondary N) is 1. The van der Waals surface area contributed by atoms with Crippen molar-refractivity contribution in [2.24, 2.45) is 0 Å². The molecule has 0 bridgehead atoms. The van der Waals surface area contributed by atoms with Crippen molar-refractivity contribution >= 4 is 5.91 Å². The summed E-state index contributed by atoms with van der Waals surface area (Å²) >= 11 is 0. The Bertz CT molecular complexity index is 1130. The van der Waals surface area contributed by atoms with Crippen LogP contribution in [0.5, 0.6) is 0 Å². The highest BCUT2D eigenvalue weighted by atomic mass is 16.7. The maximum absolute atomic E-state index is 13.1. The summed E-state index contributed by atoms with van der Waals surface area (Å²) in [5.41, 5.74) is 0. The van der Waals surface area contributed by atoms with Crippen LogP contribution in [0.25, 0.3) is 0 Å². The Kier molecular flexibility index (Phi) is 47.8. The van der Waals surface area contributed by atoms with Crippen LogP contribution >= 0.6 is 0 Å². The quantitative estimate of drug-likeness (QED) is 0.0261. The third kappa shape index (κ3) is 39.8. The van der Waals surface area contributed by atoms with Gasteiger partial charge in [-0.2, -0.15) is 0 Å². The number of rotatable bonds is 52. The fraction of sp³-hybridized carbons (Fsp3) is 0.917. The van der Waals surface area contributed by atoms with E-state index in [1.165, 1.54) is 225 Å². The minimum absolute atomic E-state index is 0.133. The summed E-state index contributed by atoms with van der Waals surface area (Å²) in [6.45, 7) is 3.85. The smallest absolute Gasteiger partial charge is 0.220 e. The van der Waals surface area contributed by atoms with E-state index in [1.807, 2.05) is 0 Å². The summed E-state index contributed by atoms with van der Waals surface area (Å²) in [6, 6.07) is -0.715. The van der Waals surface area contributed by atoms with Gasteiger partial charge in [-0.05, 0) is 44.9 Å². The number of amides is 1. The molecule has 1 heterocycles. The predicted octanol–water partition coefficient (Wildman–Crippen LogP) is 15.0. The van der Waals surface area contributed by atoms with Crippen LogP contribution in [0, 0.1) is 0 Å². The third-order valence-corrected chi connectivity index (χ3v) is 14.6. The van der Waals surface area contributed by atoms with E-state index in [0.717, 1.165) is 44.9 Å². The van der Waals surface area contributed by atoms with Gasteiger partial charge in [0.15, 0.2) is 6.29 Å². The highest BCUT2D eigenvalue weighted by molar-refractivity contribution is 5.76. The number of allylic oxidation sites excluding steroid dienone is 4. The SMILES string of the molecule is CCCCCCC/C=C\C/C=C\CCCCCCCCCCCCCCCCCCCCCCCC(=O)NC(COC1OC(CO)C(O)C(O)C1O)C(O)CCCCCCCCCCCCCCC. The molecule has 7 atom stereocenters. The van der Waals surface area contributed by atoms with Gasteiger partial charge in [0.2, 0.25) is 5.91 Å². The molecule has 1 amide bonds. The molecule has 0 aromatic carbocycles. The Labute approximate surface area is 426 Å². The Morgan fingerprint density at radius 1 is 0.493 bits per heavy atom. The van der Waals surface area contributed by atoms with E-state index in [0.29, 0.717) is 12.8 Å². The van der Waals surface area contributed by atoms with E-state index < -0.39 is 49.5 Å². The van der Waals surface area contributed by atoms with Crippen molar-refractivity contribution in [2.75, 3.05) is 13.2 Å². The third-order valence-electron chi connectivity index (χ3n) is 14.6. The first-order chi connectivity index (χ1) is 33.8. The fourth-order valence-electron chi connectivity index (χ4n) is 9.78. The molecule has 6 N–H and O–H groups in total.